The van der Waals surface area contributed by atoms with Crippen LogP contribution in [-0.4, -0.2) is 28.0 Å². The number of amides is 2. The minimum absolute atomic E-state index is 0.349. The standard InChI is InChI=1S/C23H24N4O2S2/c1-15-11-16(2)25-23(24-15)31-14-17-7-9-19(10-8-17)21(28)26-27-22(29)20-6-4-5-18(12-20)13-30-3/h4-12H,13-14H2,1-3H3,(H,26,28)(H,27,29). The Kier molecular flexibility index (Phi) is 8.08. The lowest BCUT2D eigenvalue weighted by Gasteiger charge is -2.09. The topological polar surface area (TPSA) is 84.0 Å². The molecule has 0 aliphatic heterocycles. The van der Waals surface area contributed by atoms with E-state index in [0.29, 0.717) is 16.9 Å². The number of carbonyl (C=O) groups is 2. The number of aromatic nitrogens is 2. The normalized spacial score (nSPS) is 10.5. The zero-order chi connectivity index (χ0) is 22.2. The van der Waals surface area contributed by atoms with Crippen LogP contribution in [0.15, 0.2) is 59.8 Å². The second-order valence-corrected chi connectivity index (χ2v) is 8.77. The molecular weight excluding hydrogens is 428 g/mol. The Morgan fingerprint density at radius 2 is 1.45 bits per heavy atom. The van der Waals surface area contributed by atoms with E-state index in [1.165, 1.54) is 0 Å². The van der Waals surface area contributed by atoms with Gasteiger partial charge in [-0.05, 0) is 61.6 Å². The van der Waals surface area contributed by atoms with E-state index < -0.39 is 0 Å². The van der Waals surface area contributed by atoms with Gasteiger partial charge in [-0.2, -0.15) is 11.8 Å². The molecule has 0 fully saturated rings. The highest BCUT2D eigenvalue weighted by Gasteiger charge is 2.10. The number of rotatable bonds is 7. The van der Waals surface area contributed by atoms with Crippen LogP contribution < -0.4 is 10.9 Å². The van der Waals surface area contributed by atoms with Crippen molar-refractivity contribution in [3.63, 3.8) is 0 Å². The molecule has 2 aromatic carbocycles. The maximum atomic E-state index is 12.4. The number of aryl methyl sites for hydroxylation is 2. The Morgan fingerprint density at radius 1 is 0.806 bits per heavy atom. The molecule has 2 amide bonds. The molecule has 0 spiro atoms. The molecule has 6 nitrogen and oxygen atoms in total. The minimum Gasteiger partial charge on any atom is -0.267 e. The minimum atomic E-state index is -0.370. The van der Waals surface area contributed by atoms with Crippen molar-refractivity contribution in [1.29, 1.82) is 0 Å². The van der Waals surface area contributed by atoms with E-state index in [1.54, 1.807) is 41.7 Å². The van der Waals surface area contributed by atoms with Gasteiger partial charge in [0.1, 0.15) is 0 Å². The van der Waals surface area contributed by atoms with E-state index in [0.717, 1.165) is 33.4 Å². The summed E-state index contributed by atoms with van der Waals surface area (Å²) >= 11 is 3.24. The van der Waals surface area contributed by atoms with Crippen molar-refractivity contribution in [3.8, 4) is 0 Å². The molecule has 0 atom stereocenters. The number of hydrogen-bond donors (Lipinski definition) is 2. The number of hydrazine groups is 1. The van der Waals surface area contributed by atoms with Crippen molar-refractivity contribution >= 4 is 35.3 Å². The summed E-state index contributed by atoms with van der Waals surface area (Å²) in [5, 5.41) is 0.739. The molecule has 1 aromatic heterocycles. The van der Waals surface area contributed by atoms with E-state index in [-0.39, 0.29) is 11.8 Å². The summed E-state index contributed by atoms with van der Waals surface area (Å²) in [7, 11) is 0. The Morgan fingerprint density at radius 3 is 2.10 bits per heavy atom. The number of hydrogen-bond acceptors (Lipinski definition) is 6. The van der Waals surface area contributed by atoms with E-state index in [9.17, 15) is 9.59 Å². The molecule has 0 aliphatic carbocycles. The van der Waals surface area contributed by atoms with Gasteiger partial charge in [-0.15, -0.1) is 0 Å². The van der Waals surface area contributed by atoms with E-state index in [1.807, 2.05) is 56.5 Å². The quantitative estimate of drug-likeness (QED) is 0.315. The van der Waals surface area contributed by atoms with Crippen molar-refractivity contribution < 1.29 is 9.59 Å². The van der Waals surface area contributed by atoms with Crippen molar-refractivity contribution in [1.82, 2.24) is 20.8 Å². The molecular formula is C23H24N4O2S2. The summed E-state index contributed by atoms with van der Waals surface area (Å²) in [6, 6.07) is 16.5. The number of thioether (sulfide) groups is 2. The Balaban J connectivity index is 1.52. The first-order valence-corrected chi connectivity index (χ1v) is 12.0. The van der Waals surface area contributed by atoms with E-state index in [2.05, 4.69) is 20.8 Å². The molecule has 3 rings (SSSR count). The summed E-state index contributed by atoms with van der Waals surface area (Å²) < 4.78 is 0. The van der Waals surface area contributed by atoms with E-state index >= 15 is 0 Å². The molecule has 0 aliphatic rings. The van der Waals surface area contributed by atoms with Crippen LogP contribution in [0.25, 0.3) is 0 Å². The molecule has 0 saturated carbocycles. The van der Waals surface area contributed by atoms with Crippen LogP contribution in [0.1, 0.15) is 43.2 Å². The fourth-order valence-corrected chi connectivity index (χ4v) is 4.30. The lowest BCUT2D eigenvalue weighted by molar-refractivity contribution is 0.0846. The van der Waals surface area contributed by atoms with Crippen molar-refractivity contribution in [2.24, 2.45) is 0 Å². The number of nitrogens with one attached hydrogen (secondary N) is 2. The number of nitrogens with zero attached hydrogens (tertiary/aromatic N) is 2. The molecule has 0 saturated heterocycles. The third kappa shape index (κ3) is 6.83. The molecule has 1 heterocycles. The Hall–Kier alpha value is -2.84. The van der Waals surface area contributed by atoms with Crippen molar-refractivity contribution in [2.45, 2.75) is 30.5 Å². The maximum absolute atomic E-state index is 12.4. The molecule has 0 bridgehead atoms. The fourth-order valence-electron chi connectivity index (χ4n) is 2.89. The van der Waals surface area contributed by atoms with Crippen LogP contribution in [-0.2, 0) is 11.5 Å². The van der Waals surface area contributed by atoms with Crippen LogP contribution >= 0.6 is 23.5 Å². The molecule has 8 heteroatoms. The summed E-state index contributed by atoms with van der Waals surface area (Å²) in [5.74, 6) is 0.810. The average Bonchev–Trinajstić information content (AvgIpc) is 2.76. The van der Waals surface area contributed by atoms with Gasteiger partial charge in [0.05, 0.1) is 0 Å². The van der Waals surface area contributed by atoms with Crippen LogP contribution in [0.2, 0.25) is 0 Å². The number of benzene rings is 2. The second-order valence-electron chi connectivity index (χ2n) is 6.96. The average molecular weight is 453 g/mol. The van der Waals surface area contributed by atoms with Gasteiger partial charge in [-0.25, -0.2) is 9.97 Å². The second kappa shape index (κ2) is 11.0. The fraction of sp³-hybridized carbons (Fsp3) is 0.217. The molecule has 3 aromatic rings. The van der Waals surface area contributed by atoms with Crippen LogP contribution in [0, 0.1) is 13.8 Å². The first-order chi connectivity index (χ1) is 14.9. The third-order valence-electron chi connectivity index (χ3n) is 4.34. The van der Waals surface area contributed by atoms with Crippen LogP contribution in [0.5, 0.6) is 0 Å². The van der Waals surface area contributed by atoms with Gasteiger partial charge in [-0.1, -0.05) is 36.0 Å². The maximum Gasteiger partial charge on any atom is 0.269 e. The van der Waals surface area contributed by atoms with Gasteiger partial charge >= 0.3 is 0 Å². The molecule has 31 heavy (non-hydrogen) atoms. The molecule has 0 radical (unpaired) electrons. The highest BCUT2D eigenvalue weighted by molar-refractivity contribution is 7.98. The number of carbonyl (C=O) groups excluding carboxylic acids is 2. The largest absolute Gasteiger partial charge is 0.269 e. The molecule has 0 unspecified atom stereocenters. The van der Waals surface area contributed by atoms with Gasteiger partial charge in [-0.3, -0.25) is 20.4 Å². The summed E-state index contributed by atoms with van der Waals surface area (Å²) in [4.78, 5) is 33.5. The van der Waals surface area contributed by atoms with Gasteiger partial charge in [0, 0.05) is 34.0 Å². The van der Waals surface area contributed by atoms with Gasteiger partial charge in [0.2, 0.25) is 0 Å². The lowest BCUT2D eigenvalue weighted by Crippen LogP contribution is -2.41. The van der Waals surface area contributed by atoms with Gasteiger partial charge in [0.25, 0.3) is 11.8 Å². The first kappa shape index (κ1) is 22.8. The SMILES string of the molecule is CSCc1cccc(C(=O)NNC(=O)c2ccc(CSc3nc(C)cc(C)n3)cc2)c1. The molecule has 160 valence electrons. The third-order valence-corrected chi connectivity index (χ3v) is 5.88. The van der Waals surface area contributed by atoms with Crippen LogP contribution in [0.3, 0.4) is 0 Å². The van der Waals surface area contributed by atoms with Crippen molar-refractivity contribution in [2.75, 3.05) is 6.26 Å². The lowest BCUT2D eigenvalue weighted by atomic mass is 10.1. The van der Waals surface area contributed by atoms with Crippen molar-refractivity contribution in [3.05, 3.63) is 88.2 Å². The Labute approximate surface area is 190 Å². The zero-order valence-corrected chi connectivity index (χ0v) is 19.3. The van der Waals surface area contributed by atoms with Crippen LogP contribution in [0.4, 0.5) is 0 Å². The highest BCUT2D eigenvalue weighted by Crippen LogP contribution is 2.20. The monoisotopic (exact) mass is 452 g/mol. The predicted molar refractivity (Wildman–Crippen MR) is 126 cm³/mol. The first-order valence-electron chi connectivity index (χ1n) is 9.67. The summed E-state index contributed by atoms with van der Waals surface area (Å²) in [6.45, 7) is 3.90. The summed E-state index contributed by atoms with van der Waals surface area (Å²) in [6.07, 6.45) is 2.01. The molecule has 2 N–H and O–H groups in total. The van der Waals surface area contributed by atoms with Gasteiger partial charge < -0.3 is 0 Å². The predicted octanol–water partition coefficient (Wildman–Crippen LogP) is 4.32. The van der Waals surface area contributed by atoms with Gasteiger partial charge in [0.15, 0.2) is 5.16 Å². The highest BCUT2D eigenvalue weighted by atomic mass is 32.2. The summed E-state index contributed by atoms with van der Waals surface area (Å²) in [5.41, 5.74) is 9.92. The Bertz CT molecular complexity index is 1050. The smallest absolute Gasteiger partial charge is 0.267 e. The zero-order valence-electron chi connectivity index (χ0n) is 17.6. The van der Waals surface area contributed by atoms with E-state index in [4.69, 9.17) is 0 Å².